The molecular formula is C14H15BrN2O. The van der Waals surface area contributed by atoms with Crippen LogP contribution >= 0.6 is 15.9 Å². The molecule has 0 bridgehead atoms. The number of hydrogen-bond acceptors (Lipinski definition) is 3. The topological polar surface area (TPSA) is 35.0 Å². The van der Waals surface area contributed by atoms with Gasteiger partial charge in [-0.25, -0.2) is 9.97 Å². The highest BCUT2D eigenvalue weighted by atomic mass is 79.9. The average Bonchev–Trinajstić information content (AvgIpc) is 2.41. The molecule has 0 aliphatic rings. The van der Waals surface area contributed by atoms with E-state index >= 15 is 0 Å². The molecule has 0 aliphatic carbocycles. The van der Waals surface area contributed by atoms with Crippen LogP contribution in [0.2, 0.25) is 0 Å². The van der Waals surface area contributed by atoms with Gasteiger partial charge in [0, 0.05) is 6.20 Å². The van der Waals surface area contributed by atoms with E-state index < -0.39 is 0 Å². The van der Waals surface area contributed by atoms with Crippen molar-refractivity contribution in [2.75, 3.05) is 0 Å². The van der Waals surface area contributed by atoms with Gasteiger partial charge in [0.15, 0.2) is 0 Å². The summed E-state index contributed by atoms with van der Waals surface area (Å²) in [6, 6.07) is 8.06. The monoisotopic (exact) mass is 306 g/mol. The van der Waals surface area contributed by atoms with Gasteiger partial charge >= 0.3 is 0 Å². The van der Waals surface area contributed by atoms with E-state index in [4.69, 9.17) is 4.74 Å². The third kappa shape index (κ3) is 2.88. The van der Waals surface area contributed by atoms with Crippen molar-refractivity contribution in [2.45, 2.75) is 26.2 Å². The Morgan fingerprint density at radius 3 is 2.83 bits per heavy atom. The first-order chi connectivity index (χ1) is 8.72. The zero-order valence-electron chi connectivity index (χ0n) is 10.4. The number of rotatable bonds is 4. The quantitative estimate of drug-likeness (QED) is 0.831. The predicted octanol–water partition coefficient (Wildman–Crippen LogP) is 4.54. The van der Waals surface area contributed by atoms with Crippen LogP contribution in [-0.4, -0.2) is 9.97 Å². The molecule has 1 heterocycles. The maximum atomic E-state index is 5.87. The molecule has 0 fully saturated rings. The zero-order valence-corrected chi connectivity index (χ0v) is 12.0. The summed E-state index contributed by atoms with van der Waals surface area (Å²) >= 11 is 3.38. The summed E-state index contributed by atoms with van der Waals surface area (Å²) in [4.78, 5) is 8.04. The number of ether oxygens (including phenoxy) is 1. The van der Waals surface area contributed by atoms with Crippen LogP contribution in [0.1, 0.15) is 31.7 Å². The third-order valence-electron chi connectivity index (χ3n) is 2.90. The first-order valence-electron chi connectivity index (χ1n) is 5.94. The number of nitrogens with zero attached hydrogens (tertiary/aromatic N) is 2. The average molecular weight is 307 g/mol. The molecule has 0 spiro atoms. The molecule has 0 N–H and O–H groups in total. The first-order valence-corrected chi connectivity index (χ1v) is 6.74. The van der Waals surface area contributed by atoms with E-state index in [-0.39, 0.29) is 0 Å². The standard InChI is InChI=1S/C14H15BrN2O/c1-3-10(2)11-6-4-5-7-13(11)18-14-12(15)8-16-9-17-14/h4-10H,3H2,1-2H3. The summed E-state index contributed by atoms with van der Waals surface area (Å²) in [6.45, 7) is 4.36. The Morgan fingerprint density at radius 1 is 1.33 bits per heavy atom. The summed E-state index contributed by atoms with van der Waals surface area (Å²) < 4.78 is 6.62. The molecule has 0 amide bonds. The van der Waals surface area contributed by atoms with Crippen molar-refractivity contribution in [3.63, 3.8) is 0 Å². The fourth-order valence-corrected chi connectivity index (χ4v) is 1.98. The van der Waals surface area contributed by atoms with Crippen molar-refractivity contribution in [1.29, 1.82) is 0 Å². The number of halogens is 1. The molecular weight excluding hydrogens is 292 g/mol. The van der Waals surface area contributed by atoms with Crippen LogP contribution in [0.4, 0.5) is 0 Å². The van der Waals surface area contributed by atoms with E-state index in [9.17, 15) is 0 Å². The van der Waals surface area contributed by atoms with Crippen LogP contribution in [0, 0.1) is 0 Å². The Hall–Kier alpha value is -1.42. The van der Waals surface area contributed by atoms with Crippen LogP contribution in [0.5, 0.6) is 11.6 Å². The fraction of sp³-hybridized carbons (Fsp3) is 0.286. The lowest BCUT2D eigenvalue weighted by Gasteiger charge is -2.15. The second-order valence-corrected chi connectivity index (χ2v) is 4.98. The lowest BCUT2D eigenvalue weighted by molar-refractivity contribution is 0.447. The van der Waals surface area contributed by atoms with Gasteiger partial charge in [0.1, 0.15) is 12.1 Å². The first kappa shape index (κ1) is 13.0. The van der Waals surface area contributed by atoms with E-state index in [1.54, 1.807) is 6.20 Å². The predicted molar refractivity (Wildman–Crippen MR) is 75.0 cm³/mol. The van der Waals surface area contributed by atoms with Gasteiger partial charge in [0.25, 0.3) is 0 Å². The molecule has 0 radical (unpaired) electrons. The molecule has 0 saturated heterocycles. The van der Waals surface area contributed by atoms with Crippen LogP contribution < -0.4 is 4.74 Å². The molecule has 0 aliphatic heterocycles. The summed E-state index contributed by atoms with van der Waals surface area (Å²) in [6.07, 6.45) is 4.23. The third-order valence-corrected chi connectivity index (χ3v) is 3.45. The second kappa shape index (κ2) is 5.96. The minimum absolute atomic E-state index is 0.460. The normalized spacial score (nSPS) is 12.2. The van der Waals surface area contributed by atoms with E-state index in [0.717, 1.165) is 16.6 Å². The van der Waals surface area contributed by atoms with Crippen molar-refractivity contribution in [3.05, 3.63) is 46.8 Å². The Balaban J connectivity index is 2.32. The molecule has 0 saturated carbocycles. The highest BCUT2D eigenvalue weighted by Crippen LogP contribution is 2.33. The SMILES string of the molecule is CCC(C)c1ccccc1Oc1ncncc1Br. The van der Waals surface area contributed by atoms with Crippen molar-refractivity contribution >= 4 is 15.9 Å². The molecule has 18 heavy (non-hydrogen) atoms. The van der Waals surface area contributed by atoms with Crippen molar-refractivity contribution in [1.82, 2.24) is 9.97 Å². The summed E-state index contributed by atoms with van der Waals surface area (Å²) in [5, 5.41) is 0. The van der Waals surface area contributed by atoms with Crippen molar-refractivity contribution in [2.24, 2.45) is 0 Å². The lowest BCUT2D eigenvalue weighted by atomic mass is 9.98. The van der Waals surface area contributed by atoms with Crippen LogP contribution in [0.25, 0.3) is 0 Å². The minimum atomic E-state index is 0.460. The summed E-state index contributed by atoms with van der Waals surface area (Å²) in [7, 11) is 0. The van der Waals surface area contributed by atoms with Gasteiger partial charge in [-0.15, -0.1) is 0 Å². The molecule has 1 aromatic heterocycles. The summed E-state index contributed by atoms with van der Waals surface area (Å²) in [5.74, 6) is 1.86. The second-order valence-electron chi connectivity index (χ2n) is 4.13. The van der Waals surface area contributed by atoms with Crippen molar-refractivity contribution < 1.29 is 4.74 Å². The molecule has 1 aromatic carbocycles. The van der Waals surface area contributed by atoms with E-state index in [1.807, 2.05) is 18.2 Å². The largest absolute Gasteiger partial charge is 0.437 e. The number of aromatic nitrogens is 2. The molecule has 1 unspecified atom stereocenters. The highest BCUT2D eigenvalue weighted by Gasteiger charge is 2.12. The number of benzene rings is 1. The van der Waals surface area contributed by atoms with E-state index in [2.05, 4.69) is 45.8 Å². The number of hydrogen-bond donors (Lipinski definition) is 0. The minimum Gasteiger partial charge on any atom is -0.437 e. The molecule has 94 valence electrons. The van der Waals surface area contributed by atoms with Crippen LogP contribution in [0.3, 0.4) is 0 Å². The Bertz CT molecular complexity index is 531. The molecule has 3 nitrogen and oxygen atoms in total. The van der Waals surface area contributed by atoms with Crippen LogP contribution in [0.15, 0.2) is 41.3 Å². The maximum absolute atomic E-state index is 5.87. The number of para-hydroxylation sites is 1. The molecule has 2 rings (SSSR count). The van der Waals surface area contributed by atoms with Crippen molar-refractivity contribution in [3.8, 4) is 11.6 Å². The maximum Gasteiger partial charge on any atom is 0.236 e. The Kier molecular flexibility index (Phi) is 4.31. The van der Waals surface area contributed by atoms with Gasteiger partial charge in [0.05, 0.1) is 4.47 Å². The van der Waals surface area contributed by atoms with Gasteiger partial charge in [-0.2, -0.15) is 0 Å². The van der Waals surface area contributed by atoms with E-state index in [1.165, 1.54) is 11.9 Å². The Labute approximate surface area is 115 Å². The highest BCUT2D eigenvalue weighted by molar-refractivity contribution is 9.10. The van der Waals surface area contributed by atoms with Gasteiger partial charge in [0.2, 0.25) is 5.88 Å². The van der Waals surface area contributed by atoms with E-state index in [0.29, 0.717) is 11.8 Å². The van der Waals surface area contributed by atoms with Gasteiger partial charge in [-0.05, 0) is 39.9 Å². The molecule has 1 atom stereocenters. The summed E-state index contributed by atoms with van der Waals surface area (Å²) in [5.41, 5.74) is 1.20. The Morgan fingerprint density at radius 2 is 2.11 bits per heavy atom. The fourth-order valence-electron chi connectivity index (χ4n) is 1.68. The van der Waals surface area contributed by atoms with Gasteiger partial charge < -0.3 is 4.74 Å². The lowest BCUT2D eigenvalue weighted by Crippen LogP contribution is -1.97. The molecule has 4 heteroatoms. The van der Waals surface area contributed by atoms with Gasteiger partial charge in [-0.3, -0.25) is 0 Å². The van der Waals surface area contributed by atoms with Gasteiger partial charge in [-0.1, -0.05) is 32.0 Å². The zero-order chi connectivity index (χ0) is 13.0. The smallest absolute Gasteiger partial charge is 0.236 e. The van der Waals surface area contributed by atoms with Crippen LogP contribution in [-0.2, 0) is 0 Å². The molecule has 2 aromatic rings.